The maximum absolute atomic E-state index is 6.15. The molecule has 1 N–H and O–H groups in total. The third-order valence-electron chi connectivity index (χ3n) is 2.95. The Hall–Kier alpha value is -2.13. The van der Waals surface area contributed by atoms with Gasteiger partial charge in [-0.25, -0.2) is 0 Å². The molecule has 0 saturated carbocycles. The smallest absolute Gasteiger partial charge is 0.121 e. The van der Waals surface area contributed by atoms with Crippen molar-refractivity contribution in [1.29, 1.82) is 0 Å². The molecule has 0 spiro atoms. The molecule has 3 nitrogen and oxygen atoms in total. The first-order valence-corrected chi connectivity index (χ1v) is 7.01. The van der Waals surface area contributed by atoms with E-state index in [1.165, 1.54) is 0 Å². The van der Waals surface area contributed by atoms with Crippen LogP contribution in [-0.2, 0) is 6.54 Å². The van der Waals surface area contributed by atoms with E-state index >= 15 is 0 Å². The summed E-state index contributed by atoms with van der Waals surface area (Å²) < 4.78 is 10.6. The third-order valence-corrected chi connectivity index (χ3v) is 3.28. The van der Waals surface area contributed by atoms with Crippen LogP contribution in [0.5, 0.6) is 11.5 Å². The van der Waals surface area contributed by atoms with Gasteiger partial charge >= 0.3 is 0 Å². The summed E-state index contributed by atoms with van der Waals surface area (Å²) in [5, 5.41) is 3.97. The second-order valence-corrected chi connectivity index (χ2v) is 4.85. The molecule has 0 amide bonds. The van der Waals surface area contributed by atoms with Crippen molar-refractivity contribution in [2.24, 2.45) is 0 Å². The van der Waals surface area contributed by atoms with Gasteiger partial charge < -0.3 is 14.8 Å². The molecule has 0 aliphatic rings. The molecule has 0 saturated heterocycles. The summed E-state index contributed by atoms with van der Waals surface area (Å²) in [6.07, 6.45) is 1.72. The molecule has 2 aromatic rings. The Balaban J connectivity index is 1.97. The molecule has 0 heterocycles. The minimum Gasteiger partial charge on any atom is -0.497 e. The van der Waals surface area contributed by atoms with Crippen LogP contribution in [0.25, 0.3) is 0 Å². The van der Waals surface area contributed by atoms with Crippen LogP contribution in [-0.4, -0.2) is 13.7 Å². The summed E-state index contributed by atoms with van der Waals surface area (Å²) >= 11 is 6.15. The van der Waals surface area contributed by atoms with E-state index in [0.29, 0.717) is 18.2 Å². The number of rotatable bonds is 7. The lowest BCUT2D eigenvalue weighted by atomic mass is 10.2. The van der Waals surface area contributed by atoms with Crippen molar-refractivity contribution in [2.75, 3.05) is 19.0 Å². The minimum absolute atomic E-state index is 0.511. The van der Waals surface area contributed by atoms with Crippen molar-refractivity contribution >= 4 is 17.3 Å². The fraction of sp³-hybridized carbons (Fsp3) is 0.176. The van der Waals surface area contributed by atoms with Crippen molar-refractivity contribution in [1.82, 2.24) is 0 Å². The standard InChI is InChI=1S/C17H18ClNO2/c1-3-10-21-14-6-4-13(5-7-14)12-19-17-11-15(20-2)8-9-16(17)18/h3-9,11,19H,1,10,12H2,2H3. The molecule has 110 valence electrons. The molecular formula is C17H18ClNO2. The lowest BCUT2D eigenvalue weighted by Gasteiger charge is -2.11. The van der Waals surface area contributed by atoms with Gasteiger partial charge in [-0.3, -0.25) is 0 Å². The molecule has 0 radical (unpaired) electrons. The van der Waals surface area contributed by atoms with Crippen molar-refractivity contribution in [3.8, 4) is 11.5 Å². The highest BCUT2D eigenvalue weighted by Gasteiger charge is 2.02. The van der Waals surface area contributed by atoms with E-state index < -0.39 is 0 Å². The first-order valence-electron chi connectivity index (χ1n) is 6.63. The minimum atomic E-state index is 0.511. The second-order valence-electron chi connectivity index (χ2n) is 4.44. The number of nitrogens with one attached hydrogen (secondary N) is 1. The van der Waals surface area contributed by atoms with Gasteiger partial charge in [0.1, 0.15) is 18.1 Å². The van der Waals surface area contributed by atoms with Gasteiger partial charge in [0.2, 0.25) is 0 Å². The molecule has 0 aliphatic heterocycles. The van der Waals surface area contributed by atoms with Gasteiger partial charge in [-0.2, -0.15) is 0 Å². The van der Waals surface area contributed by atoms with E-state index in [9.17, 15) is 0 Å². The third kappa shape index (κ3) is 4.43. The molecule has 0 atom stereocenters. The Bertz CT molecular complexity index is 596. The molecule has 0 aliphatic carbocycles. The molecule has 0 unspecified atom stereocenters. The SMILES string of the molecule is C=CCOc1ccc(CNc2cc(OC)ccc2Cl)cc1. The number of halogens is 1. The van der Waals surface area contributed by atoms with Crippen molar-refractivity contribution < 1.29 is 9.47 Å². The van der Waals surface area contributed by atoms with Crippen LogP contribution >= 0.6 is 11.6 Å². The highest BCUT2D eigenvalue weighted by molar-refractivity contribution is 6.33. The fourth-order valence-electron chi connectivity index (χ4n) is 1.82. The molecule has 0 bridgehead atoms. The van der Waals surface area contributed by atoms with Crippen LogP contribution in [0.3, 0.4) is 0 Å². The van der Waals surface area contributed by atoms with Crippen LogP contribution in [0.4, 0.5) is 5.69 Å². The lowest BCUT2D eigenvalue weighted by Crippen LogP contribution is -2.00. The van der Waals surface area contributed by atoms with Crippen LogP contribution in [0.15, 0.2) is 55.1 Å². The Labute approximate surface area is 130 Å². The zero-order chi connectivity index (χ0) is 15.1. The Kier molecular flexibility index (Phi) is 5.52. The van der Waals surface area contributed by atoms with E-state index in [1.54, 1.807) is 13.2 Å². The zero-order valence-corrected chi connectivity index (χ0v) is 12.7. The summed E-state index contributed by atoms with van der Waals surface area (Å²) in [6, 6.07) is 13.4. The molecule has 4 heteroatoms. The molecule has 21 heavy (non-hydrogen) atoms. The van der Waals surface area contributed by atoms with Gasteiger partial charge in [0.05, 0.1) is 17.8 Å². The van der Waals surface area contributed by atoms with Crippen molar-refractivity contribution in [3.05, 3.63) is 65.7 Å². The largest absolute Gasteiger partial charge is 0.497 e. The normalized spacial score (nSPS) is 10.0. The summed E-state index contributed by atoms with van der Waals surface area (Å²) in [5.41, 5.74) is 1.99. The summed E-state index contributed by atoms with van der Waals surface area (Å²) in [5.74, 6) is 1.60. The van der Waals surface area contributed by atoms with E-state index in [2.05, 4.69) is 11.9 Å². The quantitative estimate of drug-likeness (QED) is 0.763. The molecule has 2 aromatic carbocycles. The summed E-state index contributed by atoms with van der Waals surface area (Å²) in [7, 11) is 1.63. The maximum Gasteiger partial charge on any atom is 0.121 e. The number of hydrogen-bond donors (Lipinski definition) is 1. The van der Waals surface area contributed by atoms with Crippen LogP contribution in [0.1, 0.15) is 5.56 Å². The average Bonchev–Trinajstić information content (AvgIpc) is 2.53. The van der Waals surface area contributed by atoms with Crippen molar-refractivity contribution in [2.45, 2.75) is 6.54 Å². The predicted octanol–water partition coefficient (Wildman–Crippen LogP) is 4.53. The Morgan fingerprint density at radius 2 is 1.86 bits per heavy atom. The second kappa shape index (κ2) is 7.60. The maximum atomic E-state index is 6.15. The average molecular weight is 304 g/mol. The van der Waals surface area contributed by atoms with Gasteiger partial charge in [0.25, 0.3) is 0 Å². The van der Waals surface area contributed by atoms with E-state index in [4.69, 9.17) is 21.1 Å². The van der Waals surface area contributed by atoms with Crippen LogP contribution in [0.2, 0.25) is 5.02 Å². The van der Waals surface area contributed by atoms with Gasteiger partial charge in [0, 0.05) is 12.6 Å². The topological polar surface area (TPSA) is 30.5 Å². The molecule has 0 aromatic heterocycles. The number of anilines is 1. The zero-order valence-electron chi connectivity index (χ0n) is 11.9. The molecule has 0 fully saturated rings. The first-order chi connectivity index (χ1) is 10.2. The monoisotopic (exact) mass is 303 g/mol. The van der Waals surface area contributed by atoms with Crippen LogP contribution < -0.4 is 14.8 Å². The van der Waals surface area contributed by atoms with Gasteiger partial charge in [-0.05, 0) is 29.8 Å². The molecule has 2 rings (SSSR count). The predicted molar refractivity (Wildman–Crippen MR) is 87.5 cm³/mol. The van der Waals surface area contributed by atoms with Gasteiger partial charge in [0.15, 0.2) is 0 Å². The lowest BCUT2D eigenvalue weighted by molar-refractivity contribution is 0.363. The number of benzene rings is 2. The summed E-state index contributed by atoms with van der Waals surface area (Å²) in [6.45, 7) is 4.81. The Morgan fingerprint density at radius 1 is 1.14 bits per heavy atom. The van der Waals surface area contributed by atoms with E-state index in [1.807, 2.05) is 42.5 Å². The highest BCUT2D eigenvalue weighted by Crippen LogP contribution is 2.27. The van der Waals surface area contributed by atoms with Crippen LogP contribution in [0, 0.1) is 0 Å². The number of hydrogen-bond acceptors (Lipinski definition) is 3. The first kappa shape index (κ1) is 15.3. The number of methoxy groups -OCH3 is 1. The number of ether oxygens (including phenoxy) is 2. The summed E-state index contributed by atoms with van der Waals surface area (Å²) in [4.78, 5) is 0. The van der Waals surface area contributed by atoms with E-state index in [-0.39, 0.29) is 0 Å². The fourth-order valence-corrected chi connectivity index (χ4v) is 2.01. The van der Waals surface area contributed by atoms with Crippen molar-refractivity contribution in [3.63, 3.8) is 0 Å². The van der Waals surface area contributed by atoms with Gasteiger partial charge in [-0.15, -0.1) is 0 Å². The molecular weight excluding hydrogens is 286 g/mol. The van der Waals surface area contributed by atoms with Gasteiger partial charge in [-0.1, -0.05) is 36.4 Å². The highest BCUT2D eigenvalue weighted by atomic mass is 35.5. The van der Waals surface area contributed by atoms with E-state index in [0.717, 1.165) is 22.7 Å². The Morgan fingerprint density at radius 3 is 2.52 bits per heavy atom.